The highest BCUT2D eigenvalue weighted by Gasteiger charge is 2.11. The number of halogens is 2. The van der Waals surface area contributed by atoms with Gasteiger partial charge in [0.15, 0.2) is 4.96 Å². The van der Waals surface area contributed by atoms with Gasteiger partial charge in [0.2, 0.25) is 0 Å². The van der Waals surface area contributed by atoms with Gasteiger partial charge in [-0.05, 0) is 26.0 Å². The maximum Gasteiger partial charge on any atom is 0.194 e. The number of hydrogen-bond donors (Lipinski definition) is 0. The number of fused-ring (bicyclic) bond motifs is 1. The third-order valence-corrected chi connectivity index (χ3v) is 4.02. The Morgan fingerprint density at radius 1 is 1.11 bits per heavy atom. The maximum absolute atomic E-state index is 13.2. The molecule has 2 nitrogen and oxygen atoms in total. The molecule has 0 bridgehead atoms. The van der Waals surface area contributed by atoms with Crippen LogP contribution in [0, 0.1) is 25.5 Å². The fourth-order valence-corrected chi connectivity index (χ4v) is 2.85. The van der Waals surface area contributed by atoms with E-state index in [9.17, 15) is 8.78 Å². The summed E-state index contributed by atoms with van der Waals surface area (Å²) in [5.41, 5.74) is 2.15. The maximum atomic E-state index is 13.2. The smallest absolute Gasteiger partial charge is 0.194 e. The van der Waals surface area contributed by atoms with Gasteiger partial charge in [-0.3, -0.25) is 4.40 Å². The van der Waals surface area contributed by atoms with Crippen molar-refractivity contribution in [3.05, 3.63) is 46.6 Å². The van der Waals surface area contributed by atoms with Crippen LogP contribution >= 0.6 is 11.3 Å². The summed E-state index contributed by atoms with van der Waals surface area (Å²) in [6, 6.07) is 3.44. The van der Waals surface area contributed by atoms with E-state index in [0.717, 1.165) is 16.7 Å². The number of benzene rings is 1. The predicted octanol–water partition coefficient (Wildman–Crippen LogP) is 3.96. The Labute approximate surface area is 107 Å². The summed E-state index contributed by atoms with van der Waals surface area (Å²) >= 11 is 1.57. The zero-order valence-corrected chi connectivity index (χ0v) is 10.7. The number of nitrogens with zero attached hydrogens (tertiary/aromatic N) is 2. The molecule has 5 heteroatoms. The number of hydrogen-bond acceptors (Lipinski definition) is 2. The van der Waals surface area contributed by atoms with Gasteiger partial charge in [0.1, 0.15) is 11.6 Å². The average Bonchev–Trinajstić information content (AvgIpc) is 2.80. The number of aromatic nitrogens is 2. The minimum absolute atomic E-state index is 0.459. The molecule has 1 aromatic carbocycles. The van der Waals surface area contributed by atoms with E-state index in [-0.39, 0.29) is 0 Å². The summed E-state index contributed by atoms with van der Waals surface area (Å²) in [6.45, 7) is 4.02. The van der Waals surface area contributed by atoms with E-state index in [0.29, 0.717) is 11.3 Å². The average molecular weight is 264 g/mol. The van der Waals surface area contributed by atoms with Gasteiger partial charge in [-0.15, -0.1) is 11.3 Å². The molecule has 0 fully saturated rings. The van der Waals surface area contributed by atoms with Crippen molar-refractivity contribution in [3.8, 4) is 11.3 Å². The quantitative estimate of drug-likeness (QED) is 0.650. The normalized spacial score (nSPS) is 11.3. The van der Waals surface area contributed by atoms with Crippen LogP contribution < -0.4 is 0 Å². The Hall–Kier alpha value is -1.75. The molecule has 0 amide bonds. The summed E-state index contributed by atoms with van der Waals surface area (Å²) in [7, 11) is 0. The summed E-state index contributed by atoms with van der Waals surface area (Å²) in [6.07, 6.45) is 1.81. The van der Waals surface area contributed by atoms with Crippen molar-refractivity contribution in [2.45, 2.75) is 13.8 Å². The third kappa shape index (κ3) is 1.71. The second-order valence-corrected chi connectivity index (χ2v) is 5.36. The molecule has 18 heavy (non-hydrogen) atoms. The first-order valence-electron chi connectivity index (χ1n) is 5.46. The van der Waals surface area contributed by atoms with Crippen LogP contribution in [0.4, 0.5) is 8.78 Å². The van der Waals surface area contributed by atoms with Crippen molar-refractivity contribution >= 4 is 16.3 Å². The second-order valence-electron chi connectivity index (χ2n) is 4.18. The van der Waals surface area contributed by atoms with Crippen LogP contribution in [0.1, 0.15) is 10.6 Å². The third-order valence-electron chi connectivity index (χ3n) is 2.95. The molecular formula is C13H10F2N2S. The van der Waals surface area contributed by atoms with E-state index in [4.69, 9.17) is 0 Å². The molecule has 0 aliphatic rings. The highest BCUT2D eigenvalue weighted by molar-refractivity contribution is 7.17. The Morgan fingerprint density at radius 2 is 1.78 bits per heavy atom. The van der Waals surface area contributed by atoms with Crippen LogP contribution in [0.3, 0.4) is 0 Å². The monoisotopic (exact) mass is 264 g/mol. The van der Waals surface area contributed by atoms with Crippen LogP contribution in [0.25, 0.3) is 16.2 Å². The summed E-state index contributed by atoms with van der Waals surface area (Å²) in [4.78, 5) is 6.42. The minimum atomic E-state index is -0.589. The van der Waals surface area contributed by atoms with E-state index in [1.807, 2.05) is 24.4 Å². The molecule has 0 atom stereocenters. The van der Waals surface area contributed by atoms with Crippen molar-refractivity contribution in [1.82, 2.24) is 9.38 Å². The molecule has 0 spiro atoms. The molecule has 0 N–H and O–H groups in total. The van der Waals surface area contributed by atoms with Crippen molar-refractivity contribution in [2.24, 2.45) is 0 Å². The van der Waals surface area contributed by atoms with Crippen molar-refractivity contribution in [3.63, 3.8) is 0 Å². The molecule has 0 radical (unpaired) electrons. The molecule has 92 valence electrons. The SMILES string of the molecule is Cc1sc2nc(-c3cc(F)cc(F)c3)cn2c1C. The van der Waals surface area contributed by atoms with Crippen LogP contribution in [0.2, 0.25) is 0 Å². The first kappa shape index (κ1) is 11.3. The van der Waals surface area contributed by atoms with Crippen molar-refractivity contribution in [2.75, 3.05) is 0 Å². The molecule has 0 aliphatic heterocycles. The molecule has 0 unspecified atom stereocenters. The Bertz CT molecular complexity index is 723. The van der Waals surface area contributed by atoms with Gasteiger partial charge in [-0.1, -0.05) is 0 Å². The number of aryl methyl sites for hydroxylation is 2. The first-order chi connectivity index (χ1) is 8.54. The number of thiazole rings is 1. The minimum Gasteiger partial charge on any atom is -0.294 e. The van der Waals surface area contributed by atoms with Gasteiger partial charge < -0.3 is 0 Å². The van der Waals surface area contributed by atoms with Gasteiger partial charge in [-0.2, -0.15) is 0 Å². The fourth-order valence-electron chi connectivity index (χ4n) is 1.90. The number of rotatable bonds is 1. The van der Waals surface area contributed by atoms with E-state index in [1.165, 1.54) is 17.0 Å². The zero-order chi connectivity index (χ0) is 12.9. The molecule has 2 aromatic heterocycles. The zero-order valence-electron chi connectivity index (χ0n) is 9.87. The van der Waals surface area contributed by atoms with E-state index < -0.39 is 11.6 Å². The van der Waals surface area contributed by atoms with E-state index >= 15 is 0 Å². The second kappa shape index (κ2) is 3.88. The molecular weight excluding hydrogens is 254 g/mol. The highest BCUT2D eigenvalue weighted by Crippen LogP contribution is 2.27. The lowest BCUT2D eigenvalue weighted by Crippen LogP contribution is -1.84. The lowest BCUT2D eigenvalue weighted by Gasteiger charge is -1.97. The topological polar surface area (TPSA) is 17.3 Å². The van der Waals surface area contributed by atoms with Crippen LogP contribution in [0.5, 0.6) is 0 Å². The molecule has 0 aliphatic carbocycles. The van der Waals surface area contributed by atoms with Crippen molar-refractivity contribution < 1.29 is 8.78 Å². The van der Waals surface area contributed by atoms with Gasteiger partial charge in [0.05, 0.1) is 5.69 Å². The molecule has 0 saturated carbocycles. The van der Waals surface area contributed by atoms with E-state index in [2.05, 4.69) is 4.98 Å². The molecule has 3 rings (SSSR count). The van der Waals surface area contributed by atoms with Crippen LogP contribution in [-0.2, 0) is 0 Å². The van der Waals surface area contributed by atoms with Crippen LogP contribution in [-0.4, -0.2) is 9.38 Å². The molecule has 2 heterocycles. The van der Waals surface area contributed by atoms with Gasteiger partial charge in [0.25, 0.3) is 0 Å². The molecule has 0 saturated heterocycles. The van der Waals surface area contributed by atoms with Gasteiger partial charge in [-0.25, -0.2) is 13.8 Å². The summed E-state index contributed by atoms with van der Waals surface area (Å²) < 4.78 is 28.3. The number of imidazole rings is 1. The lowest BCUT2D eigenvalue weighted by atomic mass is 10.1. The first-order valence-corrected chi connectivity index (χ1v) is 6.28. The predicted molar refractivity (Wildman–Crippen MR) is 67.9 cm³/mol. The largest absolute Gasteiger partial charge is 0.294 e. The lowest BCUT2D eigenvalue weighted by molar-refractivity contribution is 0.584. The van der Waals surface area contributed by atoms with Crippen molar-refractivity contribution in [1.29, 1.82) is 0 Å². The Balaban J connectivity index is 2.19. The van der Waals surface area contributed by atoms with Gasteiger partial charge >= 0.3 is 0 Å². The van der Waals surface area contributed by atoms with E-state index in [1.54, 1.807) is 11.3 Å². The fraction of sp³-hybridized carbons (Fsp3) is 0.154. The summed E-state index contributed by atoms with van der Waals surface area (Å²) in [5.74, 6) is -1.18. The molecule has 3 aromatic rings. The standard InChI is InChI=1S/C13H10F2N2S/c1-7-8(2)18-13-16-12(6-17(7)13)9-3-10(14)5-11(15)4-9/h3-6H,1-2H3. The Kier molecular flexibility index (Phi) is 2.45. The Morgan fingerprint density at radius 3 is 2.39 bits per heavy atom. The van der Waals surface area contributed by atoms with Crippen LogP contribution in [0.15, 0.2) is 24.4 Å². The highest BCUT2D eigenvalue weighted by atomic mass is 32.1. The van der Waals surface area contributed by atoms with Gasteiger partial charge in [0, 0.05) is 28.4 Å². The summed E-state index contributed by atoms with van der Waals surface area (Å²) in [5, 5.41) is 0.